The van der Waals surface area contributed by atoms with Gasteiger partial charge >= 0.3 is 5.97 Å². The molecule has 2 aromatic rings. The van der Waals surface area contributed by atoms with E-state index in [0.29, 0.717) is 17.5 Å². The first-order chi connectivity index (χ1) is 13.1. The second kappa shape index (κ2) is 8.88. The number of benzene rings is 1. The Kier molecular flexibility index (Phi) is 6.31. The molecule has 0 saturated carbocycles. The molecule has 1 saturated heterocycles. The summed E-state index contributed by atoms with van der Waals surface area (Å²) in [5, 5.41) is 12.7. The second-order valence-electron chi connectivity index (χ2n) is 6.14. The molecule has 1 aliphatic rings. The molecule has 0 aliphatic carbocycles. The van der Waals surface area contributed by atoms with Crippen LogP contribution in [-0.4, -0.2) is 72.3 Å². The summed E-state index contributed by atoms with van der Waals surface area (Å²) in [6.07, 6.45) is 1.44. The average molecular weight is 392 g/mol. The van der Waals surface area contributed by atoms with E-state index >= 15 is 0 Å². The predicted octanol–water partition coefficient (Wildman–Crippen LogP) is 2.07. The number of carbonyl (C=O) groups is 1. The lowest BCUT2D eigenvalue weighted by molar-refractivity contribution is 0.0690. The summed E-state index contributed by atoms with van der Waals surface area (Å²) in [6, 6.07) is 7.02. The lowest BCUT2D eigenvalue weighted by Crippen LogP contribution is -2.47. The van der Waals surface area contributed by atoms with Crippen LogP contribution >= 0.6 is 11.6 Å². The van der Waals surface area contributed by atoms with E-state index in [4.69, 9.17) is 21.4 Å². The summed E-state index contributed by atoms with van der Waals surface area (Å²) in [5.41, 5.74) is 0.998. The van der Waals surface area contributed by atoms with Gasteiger partial charge in [-0.1, -0.05) is 11.6 Å². The smallest absolute Gasteiger partial charge is 0.354 e. The van der Waals surface area contributed by atoms with Crippen LogP contribution in [0.5, 0.6) is 5.75 Å². The van der Waals surface area contributed by atoms with Crippen LogP contribution in [0.2, 0.25) is 5.02 Å². The van der Waals surface area contributed by atoms with Crippen molar-refractivity contribution in [3.05, 3.63) is 41.2 Å². The number of methoxy groups -OCH3 is 1. The molecule has 1 aromatic carbocycles. The number of nitrogens with zero attached hydrogens (tertiary/aromatic N) is 4. The summed E-state index contributed by atoms with van der Waals surface area (Å²) in [5.74, 6) is 0.0928. The van der Waals surface area contributed by atoms with Gasteiger partial charge in [-0.05, 0) is 24.3 Å². The van der Waals surface area contributed by atoms with Crippen molar-refractivity contribution < 1.29 is 14.6 Å². The Morgan fingerprint density at radius 3 is 2.78 bits per heavy atom. The van der Waals surface area contributed by atoms with E-state index in [0.717, 1.165) is 44.2 Å². The SMILES string of the molecule is COc1ccc(Cl)cc1N1CCN(CCNc2nccc(C(=O)O)n2)CC1. The van der Waals surface area contributed by atoms with Gasteiger partial charge in [0.1, 0.15) is 5.75 Å². The third-order valence-electron chi connectivity index (χ3n) is 4.44. The van der Waals surface area contributed by atoms with Gasteiger partial charge in [0.25, 0.3) is 0 Å². The molecule has 3 rings (SSSR count). The first kappa shape index (κ1) is 19.2. The molecule has 2 N–H and O–H groups in total. The monoisotopic (exact) mass is 391 g/mol. The summed E-state index contributed by atoms with van der Waals surface area (Å²) < 4.78 is 5.44. The van der Waals surface area contributed by atoms with Crippen molar-refractivity contribution in [1.29, 1.82) is 0 Å². The number of hydrogen-bond donors (Lipinski definition) is 2. The molecule has 1 aromatic heterocycles. The Hall–Kier alpha value is -2.58. The molecule has 8 nitrogen and oxygen atoms in total. The lowest BCUT2D eigenvalue weighted by atomic mass is 10.2. The molecule has 27 heavy (non-hydrogen) atoms. The molecule has 9 heteroatoms. The summed E-state index contributed by atoms with van der Waals surface area (Å²) >= 11 is 6.13. The van der Waals surface area contributed by atoms with Gasteiger partial charge in [0.05, 0.1) is 12.8 Å². The van der Waals surface area contributed by atoms with Crippen LogP contribution in [0.1, 0.15) is 10.5 Å². The first-order valence-electron chi connectivity index (χ1n) is 8.68. The van der Waals surface area contributed by atoms with Gasteiger partial charge < -0.3 is 20.1 Å². The van der Waals surface area contributed by atoms with Crippen molar-refractivity contribution in [2.45, 2.75) is 0 Å². The highest BCUT2D eigenvalue weighted by atomic mass is 35.5. The maximum absolute atomic E-state index is 10.9. The number of ether oxygens (including phenoxy) is 1. The zero-order valence-electron chi connectivity index (χ0n) is 15.1. The van der Waals surface area contributed by atoms with Crippen molar-refractivity contribution in [2.24, 2.45) is 0 Å². The quantitative estimate of drug-likeness (QED) is 0.741. The second-order valence-corrected chi connectivity index (χ2v) is 6.58. The number of carboxylic acid groups (broad SMARTS) is 1. The van der Waals surface area contributed by atoms with E-state index in [9.17, 15) is 4.79 Å². The Morgan fingerprint density at radius 2 is 2.07 bits per heavy atom. The minimum absolute atomic E-state index is 0.0171. The average Bonchev–Trinajstić information content (AvgIpc) is 2.69. The highest BCUT2D eigenvalue weighted by molar-refractivity contribution is 6.30. The molecule has 0 bridgehead atoms. The lowest BCUT2D eigenvalue weighted by Gasteiger charge is -2.36. The number of rotatable bonds is 7. The fraction of sp³-hybridized carbons (Fsp3) is 0.389. The minimum atomic E-state index is -1.06. The fourth-order valence-electron chi connectivity index (χ4n) is 3.01. The molecular formula is C18H22ClN5O3. The van der Waals surface area contributed by atoms with Crippen molar-refractivity contribution in [3.63, 3.8) is 0 Å². The number of halogens is 1. The van der Waals surface area contributed by atoms with Crippen LogP contribution in [0.4, 0.5) is 11.6 Å². The molecule has 0 amide bonds. The molecule has 144 valence electrons. The van der Waals surface area contributed by atoms with E-state index in [2.05, 4.69) is 25.1 Å². The number of carboxylic acids is 1. The van der Waals surface area contributed by atoms with E-state index in [1.807, 2.05) is 18.2 Å². The molecule has 1 aliphatic heterocycles. The van der Waals surface area contributed by atoms with Crippen LogP contribution in [0.15, 0.2) is 30.5 Å². The van der Waals surface area contributed by atoms with Crippen LogP contribution in [-0.2, 0) is 0 Å². The summed E-state index contributed by atoms with van der Waals surface area (Å²) in [4.78, 5) is 23.6. The van der Waals surface area contributed by atoms with Gasteiger partial charge in [-0.2, -0.15) is 0 Å². The largest absolute Gasteiger partial charge is 0.495 e. The number of hydrogen-bond acceptors (Lipinski definition) is 7. The zero-order chi connectivity index (χ0) is 19.2. The van der Waals surface area contributed by atoms with Gasteiger partial charge in [0.2, 0.25) is 5.95 Å². The highest BCUT2D eigenvalue weighted by Crippen LogP contribution is 2.31. The Balaban J connectivity index is 1.48. The van der Waals surface area contributed by atoms with Gasteiger partial charge in [0, 0.05) is 50.5 Å². The van der Waals surface area contributed by atoms with Crippen LogP contribution < -0.4 is 15.0 Å². The summed E-state index contributed by atoms with van der Waals surface area (Å²) in [7, 11) is 1.66. The molecule has 1 fully saturated rings. The van der Waals surface area contributed by atoms with Crippen molar-refractivity contribution >= 4 is 29.2 Å². The van der Waals surface area contributed by atoms with Gasteiger partial charge in [-0.3, -0.25) is 4.90 Å². The first-order valence-corrected chi connectivity index (χ1v) is 9.05. The number of aromatic carboxylic acids is 1. The third kappa shape index (κ3) is 4.99. The van der Waals surface area contributed by atoms with Crippen molar-refractivity contribution in [1.82, 2.24) is 14.9 Å². The van der Waals surface area contributed by atoms with Gasteiger partial charge in [0.15, 0.2) is 5.69 Å². The zero-order valence-corrected chi connectivity index (χ0v) is 15.8. The maximum Gasteiger partial charge on any atom is 0.354 e. The molecule has 0 spiro atoms. The third-order valence-corrected chi connectivity index (χ3v) is 4.67. The van der Waals surface area contributed by atoms with Crippen molar-refractivity contribution in [2.75, 3.05) is 56.6 Å². The van der Waals surface area contributed by atoms with Crippen molar-refractivity contribution in [3.8, 4) is 5.75 Å². The van der Waals surface area contributed by atoms with E-state index < -0.39 is 5.97 Å². The Bertz CT molecular complexity index is 796. The van der Waals surface area contributed by atoms with Crippen LogP contribution in [0.25, 0.3) is 0 Å². The van der Waals surface area contributed by atoms with E-state index in [-0.39, 0.29) is 5.69 Å². The molecular weight excluding hydrogens is 370 g/mol. The van der Waals surface area contributed by atoms with E-state index in [1.54, 1.807) is 7.11 Å². The van der Waals surface area contributed by atoms with Gasteiger partial charge in [-0.25, -0.2) is 14.8 Å². The maximum atomic E-state index is 10.9. The summed E-state index contributed by atoms with van der Waals surface area (Å²) in [6.45, 7) is 5.04. The number of anilines is 2. The molecule has 0 atom stereocenters. The Morgan fingerprint density at radius 1 is 1.30 bits per heavy atom. The van der Waals surface area contributed by atoms with Gasteiger partial charge in [-0.15, -0.1) is 0 Å². The minimum Gasteiger partial charge on any atom is -0.495 e. The topological polar surface area (TPSA) is 90.8 Å². The standard InChI is InChI=1S/C18H22ClN5O3/c1-27-16-3-2-13(19)12-15(16)24-10-8-23(9-11-24)7-6-21-18-20-5-4-14(22-18)17(25)26/h2-5,12H,6-11H2,1H3,(H,25,26)(H,20,21,22). The van der Waals surface area contributed by atoms with Crippen LogP contribution in [0, 0.1) is 0 Å². The normalized spacial score (nSPS) is 14.8. The van der Waals surface area contributed by atoms with E-state index in [1.165, 1.54) is 12.3 Å². The molecule has 2 heterocycles. The Labute approximate surface area is 162 Å². The number of piperazine rings is 1. The molecule has 0 unspecified atom stereocenters. The number of nitrogens with one attached hydrogen (secondary N) is 1. The number of aromatic nitrogens is 2. The fourth-order valence-corrected chi connectivity index (χ4v) is 3.18. The molecule has 0 radical (unpaired) electrons. The highest BCUT2D eigenvalue weighted by Gasteiger charge is 2.19. The predicted molar refractivity (Wildman–Crippen MR) is 104 cm³/mol. The van der Waals surface area contributed by atoms with Crippen LogP contribution in [0.3, 0.4) is 0 Å².